The fourth-order valence-electron chi connectivity index (χ4n) is 1.69. The fourth-order valence-corrected chi connectivity index (χ4v) is 1.69. The van der Waals surface area contributed by atoms with Gasteiger partial charge in [0.15, 0.2) is 11.5 Å². The van der Waals surface area contributed by atoms with Crippen LogP contribution in [0.3, 0.4) is 0 Å². The van der Waals surface area contributed by atoms with Gasteiger partial charge >= 0.3 is 6.18 Å². The number of rotatable bonds is 4. The van der Waals surface area contributed by atoms with E-state index >= 15 is 0 Å². The third-order valence-electron chi connectivity index (χ3n) is 2.56. The monoisotopic (exact) mass is 256 g/mol. The van der Waals surface area contributed by atoms with E-state index in [0.29, 0.717) is 5.58 Å². The first-order valence-corrected chi connectivity index (χ1v) is 5.54. The number of hydrogen-bond acceptors (Lipinski definition) is 2. The molecule has 0 N–H and O–H groups in total. The van der Waals surface area contributed by atoms with Crippen LogP contribution in [-0.4, -0.2) is 12.0 Å². The molecule has 1 aromatic carbocycles. The maximum atomic E-state index is 11.9. The maximum Gasteiger partial charge on any atom is 0.389 e. The number of carbonyl (C=O) groups excluding carboxylic acids is 1. The predicted molar refractivity (Wildman–Crippen MR) is 60.5 cm³/mol. The Morgan fingerprint density at radius 1 is 1.22 bits per heavy atom. The molecule has 1 aromatic heterocycles. The highest BCUT2D eigenvalue weighted by Gasteiger charge is 2.26. The summed E-state index contributed by atoms with van der Waals surface area (Å²) in [5, 5.41) is 0.775. The Morgan fingerprint density at radius 2 is 1.94 bits per heavy atom. The zero-order valence-electron chi connectivity index (χ0n) is 9.46. The third kappa shape index (κ3) is 3.12. The molecule has 2 aromatic rings. The number of carbonyl (C=O) groups is 1. The minimum absolute atomic E-state index is 0.123. The topological polar surface area (TPSA) is 30.2 Å². The number of furan rings is 1. The summed E-state index contributed by atoms with van der Waals surface area (Å²) in [5.41, 5.74) is 0.566. The quantitative estimate of drug-likeness (QED) is 0.761. The molecule has 0 unspecified atom stereocenters. The Hall–Kier alpha value is -1.78. The molecule has 0 spiro atoms. The van der Waals surface area contributed by atoms with Crippen molar-refractivity contribution < 1.29 is 22.4 Å². The minimum Gasteiger partial charge on any atom is -0.453 e. The Bertz CT molecular complexity index is 522. The number of Topliss-reactive ketones (excluding diaryl/α,β-unsaturated/α-hetero) is 1. The molecule has 0 aliphatic carbocycles. The molecule has 18 heavy (non-hydrogen) atoms. The van der Waals surface area contributed by atoms with Crippen molar-refractivity contribution in [2.24, 2.45) is 0 Å². The van der Waals surface area contributed by atoms with Gasteiger partial charge in [-0.1, -0.05) is 18.2 Å². The Labute approximate surface area is 101 Å². The number of halogens is 3. The first-order chi connectivity index (χ1) is 8.46. The minimum atomic E-state index is -4.21. The van der Waals surface area contributed by atoms with E-state index in [0.717, 1.165) is 5.39 Å². The van der Waals surface area contributed by atoms with Gasteiger partial charge in [0, 0.05) is 18.2 Å². The summed E-state index contributed by atoms with van der Waals surface area (Å²) in [6.07, 6.45) is -5.52. The van der Waals surface area contributed by atoms with Crippen molar-refractivity contribution >= 4 is 16.8 Å². The normalized spacial score (nSPS) is 11.9. The molecular weight excluding hydrogens is 245 g/mol. The van der Waals surface area contributed by atoms with Crippen LogP contribution in [-0.2, 0) is 0 Å². The molecule has 0 aliphatic rings. The van der Waals surface area contributed by atoms with Crippen molar-refractivity contribution in [3.63, 3.8) is 0 Å². The van der Waals surface area contributed by atoms with Crippen molar-refractivity contribution in [3.05, 3.63) is 36.1 Å². The molecular formula is C13H11F3O2. The van der Waals surface area contributed by atoms with Crippen LogP contribution in [0, 0.1) is 0 Å². The van der Waals surface area contributed by atoms with Crippen LogP contribution in [0.4, 0.5) is 13.2 Å². The second-order valence-electron chi connectivity index (χ2n) is 4.04. The highest BCUT2D eigenvalue weighted by Crippen LogP contribution is 2.24. The summed E-state index contributed by atoms with van der Waals surface area (Å²) in [7, 11) is 0. The molecule has 0 amide bonds. The van der Waals surface area contributed by atoms with E-state index in [2.05, 4.69) is 0 Å². The predicted octanol–water partition coefficient (Wildman–Crippen LogP) is 4.35. The Kier molecular flexibility index (Phi) is 3.41. The lowest BCUT2D eigenvalue weighted by atomic mass is 10.1. The van der Waals surface area contributed by atoms with E-state index in [-0.39, 0.29) is 18.6 Å². The first-order valence-electron chi connectivity index (χ1n) is 5.54. The SMILES string of the molecule is O=C(CCCC(F)(F)F)c1cc2ccccc2o1. The molecule has 5 heteroatoms. The largest absolute Gasteiger partial charge is 0.453 e. The van der Waals surface area contributed by atoms with Gasteiger partial charge in [-0.05, 0) is 18.6 Å². The fraction of sp³-hybridized carbons (Fsp3) is 0.308. The van der Waals surface area contributed by atoms with Gasteiger partial charge in [-0.25, -0.2) is 0 Å². The lowest BCUT2D eigenvalue weighted by Crippen LogP contribution is -2.08. The number of para-hydroxylation sites is 1. The summed E-state index contributed by atoms with van der Waals surface area (Å²) >= 11 is 0. The van der Waals surface area contributed by atoms with E-state index in [1.165, 1.54) is 0 Å². The van der Waals surface area contributed by atoms with Crippen molar-refractivity contribution in [1.29, 1.82) is 0 Å². The van der Waals surface area contributed by atoms with Crippen LogP contribution in [0.2, 0.25) is 0 Å². The Balaban J connectivity index is 2.01. The van der Waals surface area contributed by atoms with E-state index in [1.807, 2.05) is 0 Å². The third-order valence-corrected chi connectivity index (χ3v) is 2.56. The highest BCUT2D eigenvalue weighted by atomic mass is 19.4. The zero-order valence-corrected chi connectivity index (χ0v) is 9.46. The molecule has 2 nitrogen and oxygen atoms in total. The Morgan fingerprint density at radius 3 is 2.61 bits per heavy atom. The highest BCUT2D eigenvalue weighted by molar-refractivity contribution is 5.97. The summed E-state index contributed by atoms with van der Waals surface area (Å²) in [6.45, 7) is 0. The van der Waals surface area contributed by atoms with E-state index < -0.39 is 18.4 Å². The molecule has 0 saturated heterocycles. The number of alkyl halides is 3. The van der Waals surface area contributed by atoms with Crippen LogP contribution in [0.25, 0.3) is 11.0 Å². The van der Waals surface area contributed by atoms with Gasteiger partial charge in [0.2, 0.25) is 0 Å². The molecule has 0 atom stereocenters. The summed E-state index contributed by atoms with van der Waals surface area (Å²) in [4.78, 5) is 11.6. The van der Waals surface area contributed by atoms with Gasteiger partial charge in [0.1, 0.15) is 5.58 Å². The van der Waals surface area contributed by atoms with E-state index in [4.69, 9.17) is 4.42 Å². The van der Waals surface area contributed by atoms with Crippen molar-refractivity contribution in [1.82, 2.24) is 0 Å². The second-order valence-corrected chi connectivity index (χ2v) is 4.04. The van der Waals surface area contributed by atoms with Gasteiger partial charge < -0.3 is 4.42 Å². The standard InChI is InChI=1S/C13H11F3O2/c14-13(15,16)7-3-5-10(17)12-8-9-4-1-2-6-11(9)18-12/h1-2,4,6,8H,3,5,7H2. The van der Waals surface area contributed by atoms with E-state index in [1.54, 1.807) is 30.3 Å². The van der Waals surface area contributed by atoms with Crippen LogP contribution < -0.4 is 0 Å². The van der Waals surface area contributed by atoms with Crippen LogP contribution in [0.5, 0.6) is 0 Å². The number of benzene rings is 1. The van der Waals surface area contributed by atoms with Gasteiger partial charge in [-0.3, -0.25) is 4.79 Å². The lowest BCUT2D eigenvalue weighted by Gasteiger charge is -2.03. The maximum absolute atomic E-state index is 11.9. The van der Waals surface area contributed by atoms with Crippen LogP contribution in [0.15, 0.2) is 34.7 Å². The second kappa shape index (κ2) is 4.84. The molecule has 0 fully saturated rings. The zero-order chi connectivity index (χ0) is 13.2. The molecule has 0 bridgehead atoms. The summed E-state index contributed by atoms with van der Waals surface area (Å²) < 4.78 is 41.1. The first kappa shape index (κ1) is 12.7. The number of fused-ring (bicyclic) bond motifs is 1. The van der Waals surface area contributed by atoms with Crippen LogP contribution in [0.1, 0.15) is 29.8 Å². The molecule has 96 valence electrons. The van der Waals surface area contributed by atoms with Crippen molar-refractivity contribution in [3.8, 4) is 0 Å². The van der Waals surface area contributed by atoms with Gasteiger partial charge in [-0.2, -0.15) is 13.2 Å². The average molecular weight is 256 g/mol. The molecule has 0 saturated carbocycles. The van der Waals surface area contributed by atoms with Crippen molar-refractivity contribution in [2.75, 3.05) is 0 Å². The average Bonchev–Trinajstić information content (AvgIpc) is 2.70. The lowest BCUT2D eigenvalue weighted by molar-refractivity contribution is -0.135. The van der Waals surface area contributed by atoms with E-state index in [9.17, 15) is 18.0 Å². The van der Waals surface area contributed by atoms with Crippen LogP contribution >= 0.6 is 0 Å². The molecule has 0 radical (unpaired) electrons. The number of ketones is 1. The molecule has 1 heterocycles. The smallest absolute Gasteiger partial charge is 0.389 e. The summed E-state index contributed by atoms with van der Waals surface area (Å²) in [5.74, 6) is -0.270. The van der Waals surface area contributed by atoms with Gasteiger partial charge in [0.05, 0.1) is 0 Å². The molecule has 2 rings (SSSR count). The van der Waals surface area contributed by atoms with Gasteiger partial charge in [0.25, 0.3) is 0 Å². The van der Waals surface area contributed by atoms with Crippen molar-refractivity contribution in [2.45, 2.75) is 25.4 Å². The molecule has 0 aliphatic heterocycles. The van der Waals surface area contributed by atoms with Gasteiger partial charge in [-0.15, -0.1) is 0 Å². The number of hydrogen-bond donors (Lipinski definition) is 0. The summed E-state index contributed by atoms with van der Waals surface area (Å²) in [6, 6.07) is 8.62.